The van der Waals surface area contributed by atoms with Crippen LogP contribution in [0, 0.1) is 19.7 Å². The summed E-state index contributed by atoms with van der Waals surface area (Å²) in [6.45, 7) is 3.61. The van der Waals surface area contributed by atoms with Gasteiger partial charge in [-0.2, -0.15) is 0 Å². The van der Waals surface area contributed by atoms with E-state index in [1.807, 2.05) is 0 Å². The van der Waals surface area contributed by atoms with Crippen LogP contribution < -0.4 is 5.32 Å². The van der Waals surface area contributed by atoms with Gasteiger partial charge in [0.05, 0.1) is 17.1 Å². The Labute approximate surface area is 120 Å². The number of aromatic nitrogens is 1. The predicted octanol–water partition coefficient (Wildman–Crippen LogP) is 2.94. The summed E-state index contributed by atoms with van der Waals surface area (Å²) in [4.78, 5) is 11.8. The zero-order chi connectivity index (χ0) is 14.7. The maximum absolute atomic E-state index is 13.6. The molecule has 20 heavy (non-hydrogen) atoms. The van der Waals surface area contributed by atoms with E-state index in [2.05, 4.69) is 10.5 Å². The van der Waals surface area contributed by atoms with Gasteiger partial charge in [0.1, 0.15) is 11.6 Å². The molecule has 6 heteroatoms. The van der Waals surface area contributed by atoms with E-state index in [0.717, 1.165) is 5.56 Å². The molecule has 1 aromatic carbocycles. The van der Waals surface area contributed by atoms with Gasteiger partial charge in [0, 0.05) is 17.7 Å². The second-order valence-electron chi connectivity index (χ2n) is 4.47. The van der Waals surface area contributed by atoms with Crippen LogP contribution in [0.15, 0.2) is 22.7 Å². The van der Waals surface area contributed by atoms with Crippen LogP contribution in [-0.2, 0) is 17.8 Å². The summed E-state index contributed by atoms with van der Waals surface area (Å²) in [6.07, 6.45) is 0.156. The van der Waals surface area contributed by atoms with Crippen molar-refractivity contribution in [1.29, 1.82) is 0 Å². The van der Waals surface area contributed by atoms with Crippen molar-refractivity contribution in [1.82, 2.24) is 10.5 Å². The largest absolute Gasteiger partial charge is 0.361 e. The molecule has 0 radical (unpaired) electrons. The minimum Gasteiger partial charge on any atom is -0.361 e. The second kappa shape index (κ2) is 6.05. The Morgan fingerprint density at radius 2 is 2.20 bits per heavy atom. The van der Waals surface area contributed by atoms with Gasteiger partial charge in [-0.3, -0.25) is 4.79 Å². The molecule has 0 aliphatic rings. The van der Waals surface area contributed by atoms with E-state index in [4.69, 9.17) is 16.1 Å². The second-order valence-corrected chi connectivity index (χ2v) is 4.88. The van der Waals surface area contributed by atoms with E-state index in [1.165, 1.54) is 6.07 Å². The van der Waals surface area contributed by atoms with Crippen LogP contribution in [0.5, 0.6) is 0 Å². The van der Waals surface area contributed by atoms with Gasteiger partial charge in [-0.1, -0.05) is 28.9 Å². The lowest BCUT2D eigenvalue weighted by atomic mass is 10.1. The average Bonchev–Trinajstić information content (AvgIpc) is 2.72. The zero-order valence-corrected chi connectivity index (χ0v) is 11.9. The van der Waals surface area contributed by atoms with E-state index in [-0.39, 0.29) is 23.9 Å². The minimum atomic E-state index is -0.508. The number of amides is 1. The van der Waals surface area contributed by atoms with Gasteiger partial charge in [-0.15, -0.1) is 0 Å². The lowest BCUT2D eigenvalue weighted by Gasteiger charge is -2.07. The first-order valence-corrected chi connectivity index (χ1v) is 6.48. The molecular formula is C14H14ClFN2O2. The molecule has 0 aliphatic carbocycles. The highest BCUT2D eigenvalue weighted by Gasteiger charge is 2.14. The van der Waals surface area contributed by atoms with Crippen LogP contribution in [0.2, 0.25) is 5.02 Å². The van der Waals surface area contributed by atoms with E-state index in [1.54, 1.807) is 26.0 Å². The van der Waals surface area contributed by atoms with Gasteiger partial charge in [-0.05, 0) is 19.9 Å². The quantitative estimate of drug-likeness (QED) is 0.944. The van der Waals surface area contributed by atoms with Crippen LogP contribution in [0.25, 0.3) is 0 Å². The van der Waals surface area contributed by atoms with Crippen LogP contribution in [0.4, 0.5) is 4.39 Å². The number of carbonyl (C=O) groups excluding carboxylic acids is 1. The van der Waals surface area contributed by atoms with Crippen molar-refractivity contribution < 1.29 is 13.7 Å². The third-order valence-electron chi connectivity index (χ3n) is 3.03. The first kappa shape index (κ1) is 14.5. The van der Waals surface area contributed by atoms with Crippen molar-refractivity contribution in [3.05, 3.63) is 51.6 Å². The van der Waals surface area contributed by atoms with E-state index >= 15 is 0 Å². The monoisotopic (exact) mass is 296 g/mol. The molecule has 0 fully saturated rings. The first-order valence-electron chi connectivity index (χ1n) is 6.10. The van der Waals surface area contributed by atoms with Crippen molar-refractivity contribution in [2.45, 2.75) is 26.8 Å². The number of halogens is 2. The minimum absolute atomic E-state index is 0.0440. The van der Waals surface area contributed by atoms with Gasteiger partial charge >= 0.3 is 0 Å². The van der Waals surface area contributed by atoms with Gasteiger partial charge in [0.25, 0.3) is 0 Å². The zero-order valence-electron chi connectivity index (χ0n) is 11.2. The maximum atomic E-state index is 13.6. The van der Waals surface area contributed by atoms with Crippen molar-refractivity contribution >= 4 is 17.5 Å². The maximum Gasteiger partial charge on any atom is 0.224 e. The Bertz CT molecular complexity index is 621. The van der Waals surface area contributed by atoms with Crippen LogP contribution in [0.1, 0.15) is 22.6 Å². The van der Waals surface area contributed by atoms with E-state index < -0.39 is 5.82 Å². The molecule has 0 spiro atoms. The summed E-state index contributed by atoms with van der Waals surface area (Å²) in [5.74, 6) is -0.114. The normalized spacial score (nSPS) is 10.6. The highest BCUT2D eigenvalue weighted by Crippen LogP contribution is 2.18. The number of hydrogen-bond acceptors (Lipinski definition) is 3. The molecule has 4 nitrogen and oxygen atoms in total. The third-order valence-corrected chi connectivity index (χ3v) is 3.32. The summed E-state index contributed by atoms with van der Waals surface area (Å²) in [5.41, 5.74) is 1.80. The highest BCUT2D eigenvalue weighted by atomic mass is 35.5. The fourth-order valence-electron chi connectivity index (χ4n) is 1.86. The van der Waals surface area contributed by atoms with Crippen molar-refractivity contribution in [3.63, 3.8) is 0 Å². The number of hydrogen-bond donors (Lipinski definition) is 1. The number of rotatable bonds is 4. The standard InChI is InChI=1S/C14H14ClFN2O2/c1-8-11(9(2)20-18-8)6-13(19)17-7-10-4-3-5-12(15)14(10)16/h3-5H,6-7H2,1-2H3,(H,17,19). The molecule has 0 saturated carbocycles. The molecule has 0 saturated heterocycles. The van der Waals surface area contributed by atoms with E-state index in [9.17, 15) is 9.18 Å². The SMILES string of the molecule is Cc1noc(C)c1CC(=O)NCc1cccc(Cl)c1F. The average molecular weight is 297 g/mol. The highest BCUT2D eigenvalue weighted by molar-refractivity contribution is 6.30. The van der Waals surface area contributed by atoms with Crippen LogP contribution >= 0.6 is 11.6 Å². The summed E-state index contributed by atoms with van der Waals surface area (Å²) in [7, 11) is 0. The van der Waals surface area contributed by atoms with Gasteiger partial charge in [0.15, 0.2) is 0 Å². The van der Waals surface area contributed by atoms with Crippen molar-refractivity contribution in [2.24, 2.45) is 0 Å². The Morgan fingerprint density at radius 1 is 1.45 bits per heavy atom. The third kappa shape index (κ3) is 3.17. The molecule has 0 bridgehead atoms. The number of aryl methyl sites for hydroxylation is 2. The summed E-state index contributed by atoms with van der Waals surface area (Å²) in [5, 5.41) is 6.48. The Balaban J connectivity index is 1.98. The number of benzene rings is 1. The van der Waals surface area contributed by atoms with Gasteiger partial charge in [-0.25, -0.2) is 4.39 Å². The fraction of sp³-hybridized carbons (Fsp3) is 0.286. The molecular weight excluding hydrogens is 283 g/mol. The molecule has 2 aromatic rings. The summed E-state index contributed by atoms with van der Waals surface area (Å²) >= 11 is 5.68. The van der Waals surface area contributed by atoms with Gasteiger partial charge < -0.3 is 9.84 Å². The molecule has 2 rings (SSSR count). The molecule has 1 aromatic heterocycles. The molecule has 1 N–H and O–H groups in total. The molecule has 0 atom stereocenters. The number of nitrogens with one attached hydrogen (secondary N) is 1. The Kier molecular flexibility index (Phi) is 4.39. The lowest BCUT2D eigenvalue weighted by Crippen LogP contribution is -2.25. The number of nitrogens with zero attached hydrogens (tertiary/aromatic N) is 1. The van der Waals surface area contributed by atoms with Crippen LogP contribution in [0.3, 0.4) is 0 Å². The molecule has 1 amide bonds. The van der Waals surface area contributed by atoms with Crippen LogP contribution in [-0.4, -0.2) is 11.1 Å². The summed E-state index contributed by atoms with van der Waals surface area (Å²) < 4.78 is 18.6. The Hall–Kier alpha value is -1.88. The summed E-state index contributed by atoms with van der Waals surface area (Å²) in [6, 6.07) is 4.69. The molecule has 0 aliphatic heterocycles. The first-order chi connectivity index (χ1) is 9.49. The van der Waals surface area contributed by atoms with E-state index in [0.29, 0.717) is 17.0 Å². The Morgan fingerprint density at radius 3 is 2.85 bits per heavy atom. The fourth-order valence-corrected chi connectivity index (χ4v) is 2.05. The predicted molar refractivity (Wildman–Crippen MR) is 72.9 cm³/mol. The number of carbonyl (C=O) groups is 1. The lowest BCUT2D eigenvalue weighted by molar-refractivity contribution is -0.120. The molecule has 106 valence electrons. The molecule has 1 heterocycles. The van der Waals surface area contributed by atoms with Crippen molar-refractivity contribution in [2.75, 3.05) is 0 Å². The topological polar surface area (TPSA) is 55.1 Å². The van der Waals surface area contributed by atoms with Crippen molar-refractivity contribution in [3.8, 4) is 0 Å². The smallest absolute Gasteiger partial charge is 0.224 e. The van der Waals surface area contributed by atoms with Gasteiger partial charge in [0.2, 0.25) is 5.91 Å². The molecule has 0 unspecified atom stereocenters.